The van der Waals surface area contributed by atoms with E-state index in [9.17, 15) is 10.2 Å². The summed E-state index contributed by atoms with van der Waals surface area (Å²) in [5, 5.41) is 19.6. The third kappa shape index (κ3) is 2.96. The number of rotatable bonds is 3. The van der Waals surface area contributed by atoms with Gasteiger partial charge in [0.2, 0.25) is 0 Å². The minimum Gasteiger partial charge on any atom is -0.390 e. The lowest BCUT2D eigenvalue weighted by atomic mass is 9.81. The summed E-state index contributed by atoms with van der Waals surface area (Å²) in [4.78, 5) is 0. The van der Waals surface area contributed by atoms with E-state index in [0.29, 0.717) is 5.92 Å². The summed E-state index contributed by atoms with van der Waals surface area (Å²) in [6.45, 7) is 3.91. The molecule has 0 aromatic rings. The van der Waals surface area contributed by atoms with Crippen LogP contribution < -0.4 is 0 Å². The predicted molar refractivity (Wildman–Crippen MR) is 53.4 cm³/mol. The standard InChI is InChI=1S/C11H22O2/c1-8(2)10(12)11(13)9-6-4-3-5-7-9/h8-13H,3-7H2,1-2H3. The van der Waals surface area contributed by atoms with Crippen molar-refractivity contribution in [2.24, 2.45) is 11.8 Å². The van der Waals surface area contributed by atoms with Crippen LogP contribution in [-0.4, -0.2) is 22.4 Å². The molecule has 2 heteroatoms. The number of hydrogen-bond donors (Lipinski definition) is 2. The van der Waals surface area contributed by atoms with Gasteiger partial charge in [0.05, 0.1) is 12.2 Å². The molecule has 2 N–H and O–H groups in total. The van der Waals surface area contributed by atoms with Gasteiger partial charge in [-0.05, 0) is 24.7 Å². The van der Waals surface area contributed by atoms with E-state index in [1.54, 1.807) is 0 Å². The van der Waals surface area contributed by atoms with Crippen molar-refractivity contribution in [1.82, 2.24) is 0 Å². The van der Waals surface area contributed by atoms with E-state index in [2.05, 4.69) is 0 Å². The first-order chi connectivity index (χ1) is 6.13. The monoisotopic (exact) mass is 186 g/mol. The van der Waals surface area contributed by atoms with E-state index in [1.165, 1.54) is 19.3 Å². The summed E-state index contributed by atoms with van der Waals surface area (Å²) in [5.41, 5.74) is 0. The lowest BCUT2D eigenvalue weighted by Gasteiger charge is -2.31. The first-order valence-corrected chi connectivity index (χ1v) is 5.49. The summed E-state index contributed by atoms with van der Waals surface area (Å²) >= 11 is 0. The first-order valence-electron chi connectivity index (χ1n) is 5.49. The van der Waals surface area contributed by atoms with E-state index < -0.39 is 12.2 Å². The molecular formula is C11H22O2. The maximum absolute atomic E-state index is 9.86. The maximum atomic E-state index is 9.86. The predicted octanol–water partition coefficient (Wildman–Crippen LogP) is 1.94. The van der Waals surface area contributed by atoms with Crippen LogP contribution in [0.4, 0.5) is 0 Å². The van der Waals surface area contributed by atoms with Gasteiger partial charge in [-0.3, -0.25) is 0 Å². The van der Waals surface area contributed by atoms with Crippen molar-refractivity contribution < 1.29 is 10.2 Å². The third-order valence-corrected chi connectivity index (χ3v) is 3.17. The second-order valence-corrected chi connectivity index (χ2v) is 4.62. The van der Waals surface area contributed by atoms with Crippen LogP contribution in [0.2, 0.25) is 0 Å². The Hall–Kier alpha value is -0.0800. The fourth-order valence-electron chi connectivity index (χ4n) is 2.15. The van der Waals surface area contributed by atoms with Gasteiger partial charge in [0, 0.05) is 0 Å². The number of aliphatic hydroxyl groups is 2. The molecule has 2 atom stereocenters. The fraction of sp³-hybridized carbons (Fsp3) is 1.00. The van der Waals surface area contributed by atoms with Crippen LogP contribution in [0.5, 0.6) is 0 Å². The summed E-state index contributed by atoms with van der Waals surface area (Å²) in [7, 11) is 0. The molecule has 0 saturated heterocycles. The Labute approximate surface area is 81.0 Å². The van der Waals surface area contributed by atoms with E-state index in [4.69, 9.17) is 0 Å². The lowest BCUT2D eigenvalue weighted by Crippen LogP contribution is -2.37. The van der Waals surface area contributed by atoms with Gasteiger partial charge >= 0.3 is 0 Å². The Morgan fingerprint density at radius 1 is 1.00 bits per heavy atom. The molecule has 1 aliphatic rings. The van der Waals surface area contributed by atoms with E-state index in [1.807, 2.05) is 13.8 Å². The van der Waals surface area contributed by atoms with Crippen LogP contribution in [0.1, 0.15) is 46.0 Å². The van der Waals surface area contributed by atoms with Gasteiger partial charge in [0.15, 0.2) is 0 Å². The van der Waals surface area contributed by atoms with Crippen LogP contribution in [0, 0.1) is 11.8 Å². The SMILES string of the molecule is CC(C)C(O)C(O)C1CCCCC1. The van der Waals surface area contributed by atoms with E-state index in [0.717, 1.165) is 12.8 Å². The normalized spacial score (nSPS) is 24.7. The van der Waals surface area contributed by atoms with Gasteiger partial charge in [-0.25, -0.2) is 0 Å². The molecule has 1 rings (SSSR count). The van der Waals surface area contributed by atoms with Crippen molar-refractivity contribution in [3.63, 3.8) is 0 Å². The molecule has 0 bridgehead atoms. The molecule has 1 fully saturated rings. The van der Waals surface area contributed by atoms with Crippen molar-refractivity contribution in [2.45, 2.75) is 58.2 Å². The number of aliphatic hydroxyl groups excluding tert-OH is 2. The molecule has 2 unspecified atom stereocenters. The average Bonchev–Trinajstić information content (AvgIpc) is 2.17. The van der Waals surface area contributed by atoms with Crippen molar-refractivity contribution in [3.05, 3.63) is 0 Å². The molecule has 0 aromatic heterocycles. The third-order valence-electron chi connectivity index (χ3n) is 3.17. The summed E-state index contributed by atoms with van der Waals surface area (Å²) in [6.07, 6.45) is 4.86. The van der Waals surface area contributed by atoms with Crippen LogP contribution in [-0.2, 0) is 0 Å². The van der Waals surface area contributed by atoms with Gasteiger partial charge in [-0.2, -0.15) is 0 Å². The van der Waals surface area contributed by atoms with Gasteiger partial charge in [-0.1, -0.05) is 33.1 Å². The summed E-state index contributed by atoms with van der Waals surface area (Å²) < 4.78 is 0. The largest absolute Gasteiger partial charge is 0.390 e. The van der Waals surface area contributed by atoms with Gasteiger partial charge in [0.25, 0.3) is 0 Å². The second-order valence-electron chi connectivity index (χ2n) is 4.62. The molecule has 78 valence electrons. The Bertz CT molecular complexity index is 139. The molecule has 0 amide bonds. The highest BCUT2D eigenvalue weighted by molar-refractivity contribution is 4.80. The second kappa shape index (κ2) is 4.97. The smallest absolute Gasteiger partial charge is 0.0829 e. The molecule has 1 saturated carbocycles. The quantitative estimate of drug-likeness (QED) is 0.707. The fourth-order valence-corrected chi connectivity index (χ4v) is 2.15. The minimum absolute atomic E-state index is 0.164. The van der Waals surface area contributed by atoms with Gasteiger partial charge in [0.1, 0.15) is 0 Å². The highest BCUT2D eigenvalue weighted by Crippen LogP contribution is 2.29. The van der Waals surface area contributed by atoms with Crippen molar-refractivity contribution in [1.29, 1.82) is 0 Å². The zero-order chi connectivity index (χ0) is 9.84. The summed E-state index contributed by atoms with van der Waals surface area (Å²) in [6, 6.07) is 0. The highest BCUT2D eigenvalue weighted by Gasteiger charge is 2.28. The molecular weight excluding hydrogens is 164 g/mol. The van der Waals surface area contributed by atoms with Crippen molar-refractivity contribution in [3.8, 4) is 0 Å². The topological polar surface area (TPSA) is 40.5 Å². The molecule has 2 nitrogen and oxygen atoms in total. The lowest BCUT2D eigenvalue weighted by molar-refractivity contribution is -0.0482. The molecule has 0 aromatic carbocycles. The maximum Gasteiger partial charge on any atom is 0.0829 e. The van der Waals surface area contributed by atoms with Crippen LogP contribution in [0.3, 0.4) is 0 Å². The van der Waals surface area contributed by atoms with E-state index in [-0.39, 0.29) is 5.92 Å². The Morgan fingerprint density at radius 2 is 1.54 bits per heavy atom. The van der Waals surface area contributed by atoms with Crippen molar-refractivity contribution >= 4 is 0 Å². The Kier molecular flexibility index (Phi) is 4.20. The summed E-state index contributed by atoms with van der Waals surface area (Å²) in [5.74, 6) is 0.503. The Morgan fingerprint density at radius 3 is 2.00 bits per heavy atom. The van der Waals surface area contributed by atoms with Crippen LogP contribution in [0.25, 0.3) is 0 Å². The zero-order valence-electron chi connectivity index (χ0n) is 8.74. The first kappa shape index (κ1) is 11.0. The van der Waals surface area contributed by atoms with Gasteiger partial charge in [-0.15, -0.1) is 0 Å². The molecule has 0 heterocycles. The molecule has 13 heavy (non-hydrogen) atoms. The Balaban J connectivity index is 2.40. The molecule has 1 aliphatic carbocycles. The molecule has 0 spiro atoms. The molecule has 0 aliphatic heterocycles. The number of hydrogen-bond acceptors (Lipinski definition) is 2. The highest BCUT2D eigenvalue weighted by atomic mass is 16.3. The van der Waals surface area contributed by atoms with Crippen LogP contribution in [0.15, 0.2) is 0 Å². The van der Waals surface area contributed by atoms with Gasteiger partial charge < -0.3 is 10.2 Å². The zero-order valence-corrected chi connectivity index (χ0v) is 8.74. The van der Waals surface area contributed by atoms with Crippen LogP contribution >= 0.6 is 0 Å². The van der Waals surface area contributed by atoms with Crippen molar-refractivity contribution in [2.75, 3.05) is 0 Å². The van der Waals surface area contributed by atoms with E-state index >= 15 is 0 Å². The average molecular weight is 186 g/mol. The minimum atomic E-state index is -0.539. The molecule has 0 radical (unpaired) electrons.